The smallest absolute Gasteiger partial charge is 0.150 e. The Labute approximate surface area is 101 Å². The molecule has 1 atom stereocenters. The molecule has 0 aromatic heterocycles. The molecule has 1 N–H and O–H groups in total. The molecule has 16 heavy (non-hydrogen) atoms. The number of hydrogen-bond donors (Lipinski definition) is 1. The Morgan fingerprint density at radius 1 is 1.31 bits per heavy atom. The third kappa shape index (κ3) is 7.23. The fourth-order valence-electron chi connectivity index (χ4n) is 1.95. The van der Waals surface area contributed by atoms with Crippen molar-refractivity contribution in [1.82, 2.24) is 5.32 Å². The van der Waals surface area contributed by atoms with Crippen LogP contribution < -0.4 is 5.32 Å². The van der Waals surface area contributed by atoms with Crippen molar-refractivity contribution < 1.29 is 8.42 Å². The van der Waals surface area contributed by atoms with Crippen molar-refractivity contribution in [3.63, 3.8) is 0 Å². The van der Waals surface area contributed by atoms with E-state index in [1.54, 1.807) is 6.92 Å². The average Bonchev–Trinajstić information content (AvgIpc) is 2.16. The largest absolute Gasteiger partial charge is 0.317 e. The predicted molar refractivity (Wildman–Crippen MR) is 70.5 cm³/mol. The Bertz CT molecular complexity index is 283. The minimum Gasteiger partial charge on any atom is -0.317 e. The zero-order chi connectivity index (χ0) is 12.8. The van der Waals surface area contributed by atoms with Crippen molar-refractivity contribution in [3.8, 4) is 0 Å². The van der Waals surface area contributed by atoms with E-state index in [0.29, 0.717) is 11.8 Å². The predicted octanol–water partition coefficient (Wildman–Crippen LogP) is 2.23. The van der Waals surface area contributed by atoms with Crippen LogP contribution in [-0.4, -0.2) is 33.0 Å². The van der Waals surface area contributed by atoms with Crippen LogP contribution in [0.2, 0.25) is 0 Å². The van der Waals surface area contributed by atoms with Gasteiger partial charge in [0.25, 0.3) is 0 Å². The van der Waals surface area contributed by atoms with E-state index in [-0.39, 0.29) is 11.2 Å². The van der Waals surface area contributed by atoms with Crippen LogP contribution in [0.4, 0.5) is 0 Å². The van der Waals surface area contributed by atoms with Gasteiger partial charge in [0.2, 0.25) is 0 Å². The van der Waals surface area contributed by atoms with Gasteiger partial charge in [-0.05, 0) is 38.6 Å². The highest BCUT2D eigenvalue weighted by Crippen LogP contribution is 2.28. The van der Waals surface area contributed by atoms with E-state index in [1.165, 1.54) is 0 Å². The third-order valence-corrected chi connectivity index (χ3v) is 4.89. The number of hydrogen-bond acceptors (Lipinski definition) is 3. The van der Waals surface area contributed by atoms with Crippen molar-refractivity contribution in [2.24, 2.45) is 5.41 Å². The number of rotatable bonds is 8. The molecule has 0 aliphatic heterocycles. The maximum atomic E-state index is 11.4. The SMILES string of the molecule is CCS(=O)(=O)CCCC(C)(C)CC(C)NC. The second-order valence-corrected chi connectivity index (χ2v) is 7.87. The molecule has 0 bridgehead atoms. The lowest BCUT2D eigenvalue weighted by Crippen LogP contribution is -2.28. The highest BCUT2D eigenvalue weighted by atomic mass is 32.2. The van der Waals surface area contributed by atoms with Gasteiger partial charge >= 0.3 is 0 Å². The van der Waals surface area contributed by atoms with Crippen LogP contribution in [0.1, 0.15) is 47.0 Å². The van der Waals surface area contributed by atoms with Gasteiger partial charge in [-0.15, -0.1) is 0 Å². The summed E-state index contributed by atoms with van der Waals surface area (Å²) in [7, 11) is -0.831. The fraction of sp³-hybridized carbons (Fsp3) is 1.00. The highest BCUT2D eigenvalue weighted by Gasteiger charge is 2.21. The van der Waals surface area contributed by atoms with Crippen LogP contribution in [0.25, 0.3) is 0 Å². The normalized spacial score (nSPS) is 15.1. The molecular weight excluding hydrogens is 222 g/mol. The van der Waals surface area contributed by atoms with Gasteiger partial charge in [-0.25, -0.2) is 8.42 Å². The van der Waals surface area contributed by atoms with Crippen molar-refractivity contribution in [1.29, 1.82) is 0 Å². The highest BCUT2D eigenvalue weighted by molar-refractivity contribution is 7.91. The van der Waals surface area contributed by atoms with Gasteiger partial charge in [0.15, 0.2) is 0 Å². The van der Waals surface area contributed by atoms with Gasteiger partial charge in [-0.2, -0.15) is 0 Å². The molecule has 0 aliphatic carbocycles. The van der Waals surface area contributed by atoms with Crippen LogP contribution in [0.15, 0.2) is 0 Å². The molecule has 1 unspecified atom stereocenters. The maximum absolute atomic E-state index is 11.4. The lowest BCUT2D eigenvalue weighted by atomic mass is 9.82. The molecule has 0 saturated carbocycles. The summed E-state index contributed by atoms with van der Waals surface area (Å²) in [6, 6.07) is 0.484. The fourth-order valence-corrected chi connectivity index (χ4v) is 2.82. The van der Waals surface area contributed by atoms with Crippen LogP contribution in [-0.2, 0) is 9.84 Å². The molecule has 0 aromatic carbocycles. The van der Waals surface area contributed by atoms with Gasteiger partial charge in [0, 0.05) is 11.8 Å². The van der Waals surface area contributed by atoms with E-state index in [9.17, 15) is 8.42 Å². The molecule has 4 heteroatoms. The van der Waals surface area contributed by atoms with Crippen molar-refractivity contribution in [3.05, 3.63) is 0 Å². The lowest BCUT2D eigenvalue weighted by Gasteiger charge is -2.27. The molecule has 0 aromatic rings. The molecule has 3 nitrogen and oxygen atoms in total. The zero-order valence-electron chi connectivity index (χ0n) is 11.3. The van der Waals surface area contributed by atoms with Crippen LogP contribution in [0.3, 0.4) is 0 Å². The van der Waals surface area contributed by atoms with Gasteiger partial charge in [0.05, 0.1) is 5.75 Å². The third-order valence-electron chi connectivity index (χ3n) is 3.10. The average molecular weight is 249 g/mol. The standard InChI is InChI=1S/C12H27NO2S/c1-6-16(14,15)9-7-8-12(3,4)10-11(2)13-5/h11,13H,6-10H2,1-5H3. The Balaban J connectivity index is 4.00. The quantitative estimate of drug-likeness (QED) is 0.717. The minimum atomic E-state index is -2.79. The van der Waals surface area contributed by atoms with Crippen LogP contribution >= 0.6 is 0 Å². The summed E-state index contributed by atoms with van der Waals surface area (Å²) in [5.74, 6) is 0.598. The van der Waals surface area contributed by atoms with Crippen LogP contribution in [0, 0.1) is 5.41 Å². The maximum Gasteiger partial charge on any atom is 0.150 e. The van der Waals surface area contributed by atoms with Gasteiger partial charge < -0.3 is 5.32 Å². The number of sulfone groups is 1. The van der Waals surface area contributed by atoms with E-state index in [2.05, 4.69) is 26.1 Å². The molecule has 0 saturated heterocycles. The monoisotopic (exact) mass is 249 g/mol. The van der Waals surface area contributed by atoms with Gasteiger partial charge in [-0.3, -0.25) is 0 Å². The summed E-state index contributed by atoms with van der Waals surface area (Å²) in [6.07, 6.45) is 2.83. The molecule has 0 rings (SSSR count). The first kappa shape index (κ1) is 15.9. The molecule has 98 valence electrons. The zero-order valence-corrected chi connectivity index (χ0v) is 12.2. The van der Waals surface area contributed by atoms with E-state index in [0.717, 1.165) is 19.3 Å². The Morgan fingerprint density at radius 2 is 1.88 bits per heavy atom. The van der Waals surface area contributed by atoms with Crippen molar-refractivity contribution >= 4 is 9.84 Å². The second-order valence-electron chi connectivity index (χ2n) is 5.40. The summed E-state index contributed by atoms with van der Waals surface area (Å²) in [4.78, 5) is 0. The van der Waals surface area contributed by atoms with Crippen LogP contribution in [0.5, 0.6) is 0 Å². The molecule has 0 amide bonds. The first-order valence-corrected chi connectivity index (χ1v) is 7.92. The second kappa shape index (κ2) is 6.60. The number of nitrogens with one attached hydrogen (secondary N) is 1. The van der Waals surface area contributed by atoms with Gasteiger partial charge in [0.1, 0.15) is 9.84 Å². The molecule has 0 radical (unpaired) electrons. The van der Waals surface area contributed by atoms with Crippen molar-refractivity contribution in [2.45, 2.75) is 53.0 Å². The molecular formula is C12H27NO2S. The Hall–Kier alpha value is -0.0900. The first-order chi connectivity index (χ1) is 7.22. The summed E-state index contributed by atoms with van der Waals surface area (Å²) in [5.41, 5.74) is 0.214. The van der Waals surface area contributed by atoms with Crippen molar-refractivity contribution in [2.75, 3.05) is 18.6 Å². The molecule has 0 heterocycles. The van der Waals surface area contributed by atoms with E-state index < -0.39 is 9.84 Å². The van der Waals surface area contributed by atoms with Gasteiger partial charge in [-0.1, -0.05) is 20.8 Å². The molecule has 0 spiro atoms. The summed E-state index contributed by atoms with van der Waals surface area (Å²) >= 11 is 0. The Kier molecular flexibility index (Phi) is 6.56. The van der Waals surface area contributed by atoms with E-state index in [1.807, 2.05) is 7.05 Å². The van der Waals surface area contributed by atoms with E-state index >= 15 is 0 Å². The lowest BCUT2D eigenvalue weighted by molar-refractivity contribution is 0.271. The topological polar surface area (TPSA) is 46.2 Å². The Morgan fingerprint density at radius 3 is 2.31 bits per heavy atom. The van der Waals surface area contributed by atoms with E-state index in [4.69, 9.17) is 0 Å². The minimum absolute atomic E-state index is 0.214. The summed E-state index contributed by atoms with van der Waals surface area (Å²) < 4.78 is 22.7. The first-order valence-electron chi connectivity index (χ1n) is 6.10. The molecule has 0 fully saturated rings. The summed E-state index contributed by atoms with van der Waals surface area (Å²) in [5, 5.41) is 3.22. The summed E-state index contributed by atoms with van der Waals surface area (Å²) in [6.45, 7) is 8.28. The molecule has 0 aliphatic rings.